The summed E-state index contributed by atoms with van der Waals surface area (Å²) in [6.45, 7) is 1.85. The van der Waals surface area contributed by atoms with E-state index in [1.54, 1.807) is 12.3 Å². The van der Waals surface area contributed by atoms with E-state index in [0.717, 1.165) is 5.56 Å². The Kier molecular flexibility index (Phi) is 2.74. The molecule has 0 unspecified atom stereocenters. The summed E-state index contributed by atoms with van der Waals surface area (Å²) in [5.74, 6) is -1.07. The standard InChI is InChI=1S/C12H10N2O3/c1-8-4-10(6-13-5-8)14-7-9(12(16)17)2-3-11(14)15/h2-7H,1H3,(H,16,17). The molecule has 0 spiro atoms. The van der Waals surface area contributed by atoms with Crippen molar-refractivity contribution >= 4 is 5.97 Å². The molecule has 17 heavy (non-hydrogen) atoms. The highest BCUT2D eigenvalue weighted by molar-refractivity contribution is 5.87. The number of hydrogen-bond donors (Lipinski definition) is 1. The van der Waals surface area contributed by atoms with Gasteiger partial charge in [-0.05, 0) is 24.6 Å². The molecule has 0 atom stereocenters. The smallest absolute Gasteiger partial charge is 0.337 e. The summed E-state index contributed by atoms with van der Waals surface area (Å²) in [4.78, 5) is 26.4. The number of pyridine rings is 2. The molecule has 5 heteroatoms. The first kappa shape index (κ1) is 11.1. The zero-order valence-corrected chi connectivity index (χ0v) is 9.12. The predicted molar refractivity (Wildman–Crippen MR) is 61.5 cm³/mol. The Bertz CT molecular complexity index is 632. The van der Waals surface area contributed by atoms with Crippen molar-refractivity contribution in [3.05, 3.63) is 58.3 Å². The molecular weight excluding hydrogens is 220 g/mol. The van der Waals surface area contributed by atoms with Crippen LogP contribution in [0.15, 0.2) is 41.6 Å². The zero-order chi connectivity index (χ0) is 12.4. The van der Waals surface area contributed by atoms with Crippen molar-refractivity contribution in [1.82, 2.24) is 9.55 Å². The van der Waals surface area contributed by atoms with Crippen LogP contribution in [0.5, 0.6) is 0 Å². The summed E-state index contributed by atoms with van der Waals surface area (Å²) in [7, 11) is 0. The number of carboxylic acid groups (broad SMARTS) is 1. The van der Waals surface area contributed by atoms with E-state index in [9.17, 15) is 9.59 Å². The summed E-state index contributed by atoms with van der Waals surface area (Å²) in [6.07, 6.45) is 4.47. The molecule has 0 aliphatic heterocycles. The average Bonchev–Trinajstić information content (AvgIpc) is 2.29. The van der Waals surface area contributed by atoms with E-state index >= 15 is 0 Å². The van der Waals surface area contributed by atoms with Crippen LogP contribution < -0.4 is 5.56 Å². The lowest BCUT2D eigenvalue weighted by atomic mass is 10.2. The van der Waals surface area contributed by atoms with Crippen LogP contribution in [0.2, 0.25) is 0 Å². The van der Waals surface area contributed by atoms with E-state index in [1.165, 1.54) is 29.1 Å². The van der Waals surface area contributed by atoms with Crippen molar-refractivity contribution in [2.75, 3.05) is 0 Å². The van der Waals surface area contributed by atoms with Gasteiger partial charge in [0.05, 0.1) is 17.4 Å². The van der Waals surface area contributed by atoms with Crippen LogP contribution in [0, 0.1) is 6.92 Å². The molecule has 0 radical (unpaired) electrons. The van der Waals surface area contributed by atoms with Gasteiger partial charge in [-0.15, -0.1) is 0 Å². The maximum Gasteiger partial charge on any atom is 0.337 e. The molecule has 0 saturated heterocycles. The normalized spacial score (nSPS) is 10.2. The maximum atomic E-state index is 11.6. The van der Waals surface area contributed by atoms with Crippen LogP contribution in [0.4, 0.5) is 0 Å². The van der Waals surface area contributed by atoms with Crippen molar-refractivity contribution in [3.63, 3.8) is 0 Å². The molecule has 0 aromatic carbocycles. The first-order chi connectivity index (χ1) is 8.08. The minimum atomic E-state index is -1.07. The molecule has 2 aromatic rings. The molecular formula is C12H10N2O3. The lowest BCUT2D eigenvalue weighted by Gasteiger charge is -2.06. The number of carboxylic acids is 1. The van der Waals surface area contributed by atoms with Gasteiger partial charge in [0, 0.05) is 18.5 Å². The van der Waals surface area contributed by atoms with Gasteiger partial charge < -0.3 is 5.11 Å². The Balaban J connectivity index is 2.62. The third-order valence-corrected chi connectivity index (χ3v) is 2.30. The van der Waals surface area contributed by atoms with Crippen molar-refractivity contribution in [2.24, 2.45) is 0 Å². The van der Waals surface area contributed by atoms with Gasteiger partial charge in [-0.2, -0.15) is 0 Å². The fourth-order valence-corrected chi connectivity index (χ4v) is 1.49. The molecule has 86 valence electrons. The summed E-state index contributed by atoms with van der Waals surface area (Å²) in [6, 6.07) is 4.27. The van der Waals surface area contributed by atoms with Gasteiger partial charge in [-0.25, -0.2) is 4.79 Å². The molecule has 0 amide bonds. The molecule has 0 aliphatic rings. The van der Waals surface area contributed by atoms with E-state index < -0.39 is 5.97 Å². The van der Waals surface area contributed by atoms with Crippen LogP contribution in [0.1, 0.15) is 15.9 Å². The number of rotatable bonds is 2. The lowest BCUT2D eigenvalue weighted by Crippen LogP contribution is -2.18. The second-order valence-corrected chi connectivity index (χ2v) is 3.65. The molecule has 5 nitrogen and oxygen atoms in total. The highest BCUT2D eigenvalue weighted by Crippen LogP contribution is 2.07. The van der Waals surface area contributed by atoms with Crippen LogP contribution in [-0.4, -0.2) is 20.6 Å². The average molecular weight is 230 g/mol. The van der Waals surface area contributed by atoms with E-state index in [1.807, 2.05) is 6.92 Å². The Hall–Kier alpha value is -2.43. The molecule has 2 aromatic heterocycles. The Labute approximate surface area is 97.0 Å². The number of hydrogen-bond acceptors (Lipinski definition) is 3. The molecule has 2 rings (SSSR count). The largest absolute Gasteiger partial charge is 0.478 e. The number of aromatic carboxylic acids is 1. The third-order valence-electron chi connectivity index (χ3n) is 2.30. The van der Waals surface area contributed by atoms with Crippen LogP contribution in [0.25, 0.3) is 5.69 Å². The van der Waals surface area contributed by atoms with Crippen molar-refractivity contribution in [2.45, 2.75) is 6.92 Å². The number of carbonyl (C=O) groups is 1. The minimum Gasteiger partial charge on any atom is -0.478 e. The van der Waals surface area contributed by atoms with Gasteiger partial charge in [-0.3, -0.25) is 14.3 Å². The molecule has 0 fully saturated rings. The second kappa shape index (κ2) is 4.21. The first-order valence-electron chi connectivity index (χ1n) is 4.96. The fraction of sp³-hybridized carbons (Fsp3) is 0.0833. The Morgan fingerprint density at radius 1 is 1.35 bits per heavy atom. The fourth-order valence-electron chi connectivity index (χ4n) is 1.49. The Morgan fingerprint density at radius 3 is 2.76 bits per heavy atom. The highest BCUT2D eigenvalue weighted by atomic mass is 16.4. The molecule has 2 heterocycles. The summed E-state index contributed by atoms with van der Waals surface area (Å²) < 4.78 is 1.27. The number of nitrogens with zero attached hydrogens (tertiary/aromatic N) is 2. The van der Waals surface area contributed by atoms with Crippen LogP contribution >= 0.6 is 0 Å². The van der Waals surface area contributed by atoms with Crippen molar-refractivity contribution < 1.29 is 9.90 Å². The maximum absolute atomic E-state index is 11.6. The summed E-state index contributed by atoms with van der Waals surface area (Å²) in [5, 5.41) is 8.87. The quantitative estimate of drug-likeness (QED) is 0.842. The Morgan fingerprint density at radius 2 is 2.12 bits per heavy atom. The van der Waals surface area contributed by atoms with Crippen molar-refractivity contribution in [3.8, 4) is 5.69 Å². The van der Waals surface area contributed by atoms with Gasteiger partial charge >= 0.3 is 5.97 Å². The lowest BCUT2D eigenvalue weighted by molar-refractivity contribution is 0.0696. The molecule has 0 bridgehead atoms. The first-order valence-corrected chi connectivity index (χ1v) is 4.96. The zero-order valence-electron chi connectivity index (χ0n) is 9.12. The predicted octanol–water partition coefficient (Wildman–Crippen LogP) is 1.24. The second-order valence-electron chi connectivity index (χ2n) is 3.65. The monoisotopic (exact) mass is 230 g/mol. The summed E-state index contributed by atoms with van der Waals surface area (Å²) in [5.41, 5.74) is 1.22. The molecule has 0 saturated carbocycles. The minimum absolute atomic E-state index is 0.0612. The number of aromatic nitrogens is 2. The SMILES string of the molecule is Cc1cncc(-n2cc(C(=O)O)ccc2=O)c1. The van der Waals surface area contributed by atoms with E-state index in [-0.39, 0.29) is 11.1 Å². The highest BCUT2D eigenvalue weighted by Gasteiger charge is 2.06. The van der Waals surface area contributed by atoms with Gasteiger partial charge in [0.2, 0.25) is 0 Å². The van der Waals surface area contributed by atoms with Gasteiger partial charge in [-0.1, -0.05) is 0 Å². The van der Waals surface area contributed by atoms with E-state index in [4.69, 9.17) is 5.11 Å². The molecule has 1 N–H and O–H groups in total. The van der Waals surface area contributed by atoms with Gasteiger partial charge in [0.1, 0.15) is 0 Å². The van der Waals surface area contributed by atoms with Crippen LogP contribution in [-0.2, 0) is 0 Å². The number of aryl methyl sites for hydroxylation is 1. The van der Waals surface area contributed by atoms with Gasteiger partial charge in [0.15, 0.2) is 0 Å². The topological polar surface area (TPSA) is 72.2 Å². The van der Waals surface area contributed by atoms with Crippen LogP contribution in [0.3, 0.4) is 0 Å². The van der Waals surface area contributed by atoms with E-state index in [0.29, 0.717) is 5.69 Å². The summed E-state index contributed by atoms with van der Waals surface area (Å²) >= 11 is 0. The van der Waals surface area contributed by atoms with Gasteiger partial charge in [0.25, 0.3) is 5.56 Å². The molecule has 0 aliphatic carbocycles. The van der Waals surface area contributed by atoms with Crippen molar-refractivity contribution in [1.29, 1.82) is 0 Å². The third kappa shape index (κ3) is 2.23. The van der Waals surface area contributed by atoms with E-state index in [2.05, 4.69) is 4.98 Å².